The second-order valence-electron chi connectivity index (χ2n) is 8.47. The number of hydrogen-bond donors (Lipinski definition) is 1. The SMILES string of the molecule is COCCCN(CC(=O)N1CCc2sccc2[C@@H]1COc1cccc(C)c1)C[C@H](O)COC. The molecule has 8 heteroatoms. The molecule has 0 saturated heterocycles. The average molecular weight is 477 g/mol. The van der Waals surface area contributed by atoms with Gasteiger partial charge in [-0.1, -0.05) is 12.1 Å². The van der Waals surface area contributed by atoms with Crippen molar-refractivity contribution in [2.75, 3.05) is 60.2 Å². The summed E-state index contributed by atoms with van der Waals surface area (Å²) in [5, 5.41) is 12.3. The lowest BCUT2D eigenvalue weighted by Crippen LogP contribution is -2.48. The smallest absolute Gasteiger partial charge is 0.237 e. The van der Waals surface area contributed by atoms with Crippen LogP contribution in [0.4, 0.5) is 0 Å². The Morgan fingerprint density at radius 3 is 2.91 bits per heavy atom. The standard InChI is InChI=1S/C25H36N2O5S/c1-19-6-4-7-21(14-19)32-18-23-22-9-13-33-24(22)8-11-27(23)25(29)16-26(10-5-12-30-2)15-20(28)17-31-3/h4,6-7,9,13-14,20,23,28H,5,8,10-12,15-18H2,1-3H3/t20-,23-/m0/s1. The summed E-state index contributed by atoms with van der Waals surface area (Å²) in [7, 11) is 3.23. The van der Waals surface area contributed by atoms with Crippen LogP contribution in [0.2, 0.25) is 0 Å². The number of carbonyl (C=O) groups is 1. The molecule has 0 aliphatic carbocycles. The van der Waals surface area contributed by atoms with E-state index in [2.05, 4.69) is 11.4 Å². The zero-order valence-corrected chi connectivity index (χ0v) is 20.7. The van der Waals surface area contributed by atoms with E-state index in [1.807, 2.05) is 41.0 Å². The largest absolute Gasteiger partial charge is 0.491 e. The minimum atomic E-state index is -0.643. The maximum absolute atomic E-state index is 13.5. The number of methoxy groups -OCH3 is 2. The highest BCUT2D eigenvalue weighted by molar-refractivity contribution is 7.10. The van der Waals surface area contributed by atoms with Crippen molar-refractivity contribution in [3.8, 4) is 5.75 Å². The maximum Gasteiger partial charge on any atom is 0.237 e. The number of thiophene rings is 1. The van der Waals surface area contributed by atoms with Crippen molar-refractivity contribution in [2.45, 2.75) is 31.9 Å². The van der Waals surface area contributed by atoms with Crippen molar-refractivity contribution in [2.24, 2.45) is 0 Å². The lowest BCUT2D eigenvalue weighted by molar-refractivity contribution is -0.136. The third kappa shape index (κ3) is 7.52. The van der Waals surface area contributed by atoms with Crippen LogP contribution in [0.25, 0.3) is 0 Å². The molecule has 0 bridgehead atoms. The Labute approximate surface area is 200 Å². The van der Waals surface area contributed by atoms with E-state index in [4.69, 9.17) is 14.2 Å². The maximum atomic E-state index is 13.5. The number of aliphatic hydroxyl groups is 1. The van der Waals surface area contributed by atoms with Gasteiger partial charge in [0.1, 0.15) is 12.4 Å². The van der Waals surface area contributed by atoms with Gasteiger partial charge in [-0.3, -0.25) is 9.69 Å². The summed E-state index contributed by atoms with van der Waals surface area (Å²) < 4.78 is 16.4. The number of aliphatic hydroxyl groups excluding tert-OH is 1. The molecule has 1 N–H and O–H groups in total. The highest BCUT2D eigenvalue weighted by Gasteiger charge is 2.33. The molecule has 0 radical (unpaired) electrons. The first-order valence-electron chi connectivity index (χ1n) is 11.4. The molecule has 2 heterocycles. The summed E-state index contributed by atoms with van der Waals surface area (Å²) in [4.78, 5) is 18.7. The van der Waals surface area contributed by atoms with E-state index in [0.717, 1.165) is 24.2 Å². The lowest BCUT2D eigenvalue weighted by atomic mass is 10.0. The molecule has 1 aliphatic heterocycles. The molecule has 1 aliphatic rings. The monoisotopic (exact) mass is 476 g/mol. The summed E-state index contributed by atoms with van der Waals surface area (Å²) in [5.41, 5.74) is 2.32. The first kappa shape index (κ1) is 25.6. The van der Waals surface area contributed by atoms with Crippen molar-refractivity contribution in [1.29, 1.82) is 0 Å². The number of amides is 1. The second-order valence-corrected chi connectivity index (χ2v) is 9.47. The van der Waals surface area contributed by atoms with E-state index in [9.17, 15) is 9.90 Å². The van der Waals surface area contributed by atoms with Crippen LogP contribution in [0, 0.1) is 6.92 Å². The molecule has 0 fully saturated rings. The molecule has 1 aromatic carbocycles. The van der Waals surface area contributed by atoms with Crippen LogP contribution < -0.4 is 4.74 Å². The summed E-state index contributed by atoms with van der Waals surface area (Å²) in [6.07, 6.45) is 1.00. The molecule has 1 amide bonds. The predicted molar refractivity (Wildman–Crippen MR) is 130 cm³/mol. The zero-order valence-electron chi connectivity index (χ0n) is 19.9. The van der Waals surface area contributed by atoms with Crippen molar-refractivity contribution >= 4 is 17.2 Å². The van der Waals surface area contributed by atoms with Crippen LogP contribution in [0.15, 0.2) is 35.7 Å². The van der Waals surface area contributed by atoms with E-state index in [-0.39, 0.29) is 25.1 Å². The quantitative estimate of drug-likeness (QED) is 0.448. The molecule has 33 heavy (non-hydrogen) atoms. The van der Waals surface area contributed by atoms with Crippen molar-refractivity contribution in [1.82, 2.24) is 9.80 Å². The number of aryl methyl sites for hydroxylation is 1. The Hall–Kier alpha value is -1.97. The summed E-state index contributed by atoms with van der Waals surface area (Å²) in [5.74, 6) is 0.861. The molecule has 182 valence electrons. The van der Waals surface area contributed by atoms with Gasteiger partial charge < -0.3 is 24.2 Å². The predicted octanol–water partition coefficient (Wildman–Crippen LogP) is 2.91. The number of ether oxygens (including phenoxy) is 3. The third-order valence-electron chi connectivity index (χ3n) is 5.82. The van der Waals surface area contributed by atoms with Gasteiger partial charge >= 0.3 is 0 Å². The highest BCUT2D eigenvalue weighted by atomic mass is 32.1. The highest BCUT2D eigenvalue weighted by Crippen LogP contribution is 2.34. The Morgan fingerprint density at radius 2 is 2.15 bits per heavy atom. The van der Waals surface area contributed by atoms with E-state index in [1.54, 1.807) is 25.6 Å². The van der Waals surface area contributed by atoms with Crippen LogP contribution in [0.5, 0.6) is 5.75 Å². The van der Waals surface area contributed by atoms with Gasteiger partial charge in [-0.25, -0.2) is 0 Å². The van der Waals surface area contributed by atoms with Gasteiger partial charge in [0.05, 0.1) is 25.3 Å². The van der Waals surface area contributed by atoms with Gasteiger partial charge in [-0.05, 0) is 54.5 Å². The van der Waals surface area contributed by atoms with Gasteiger partial charge in [0.2, 0.25) is 5.91 Å². The van der Waals surface area contributed by atoms with Crippen LogP contribution in [-0.4, -0.2) is 87.1 Å². The first-order valence-corrected chi connectivity index (χ1v) is 12.3. The van der Waals surface area contributed by atoms with E-state index in [1.165, 1.54) is 10.4 Å². The molecule has 7 nitrogen and oxygen atoms in total. The van der Waals surface area contributed by atoms with Crippen LogP contribution >= 0.6 is 11.3 Å². The number of rotatable bonds is 13. The molecule has 2 aromatic rings. The van der Waals surface area contributed by atoms with Gasteiger partial charge in [-0.2, -0.15) is 0 Å². The fourth-order valence-corrected chi connectivity index (χ4v) is 5.18. The minimum Gasteiger partial charge on any atom is -0.491 e. The van der Waals surface area contributed by atoms with Crippen LogP contribution in [0.1, 0.15) is 28.5 Å². The number of carbonyl (C=O) groups excluding carboxylic acids is 1. The molecule has 1 aromatic heterocycles. The topological polar surface area (TPSA) is 71.5 Å². The molecular formula is C25H36N2O5S. The minimum absolute atomic E-state index is 0.0479. The normalized spacial score (nSPS) is 16.6. The van der Waals surface area contributed by atoms with Crippen LogP contribution in [0.3, 0.4) is 0 Å². The number of benzene rings is 1. The fraction of sp³-hybridized carbons (Fsp3) is 0.560. The van der Waals surface area contributed by atoms with E-state index in [0.29, 0.717) is 32.8 Å². The summed E-state index contributed by atoms with van der Waals surface area (Å²) in [6.45, 7) is 5.26. The van der Waals surface area contributed by atoms with Crippen molar-refractivity contribution < 1.29 is 24.1 Å². The molecule has 0 saturated carbocycles. The molecule has 2 atom stereocenters. The Kier molecular flexibility index (Phi) is 10.1. The van der Waals surface area contributed by atoms with E-state index >= 15 is 0 Å². The summed E-state index contributed by atoms with van der Waals surface area (Å²) in [6, 6.07) is 9.97. The Balaban J connectivity index is 1.70. The number of nitrogens with zero attached hydrogens (tertiary/aromatic N) is 2. The lowest BCUT2D eigenvalue weighted by Gasteiger charge is -2.37. The third-order valence-corrected chi connectivity index (χ3v) is 6.82. The summed E-state index contributed by atoms with van der Waals surface area (Å²) >= 11 is 1.74. The average Bonchev–Trinajstić information content (AvgIpc) is 3.27. The number of fused-ring (bicyclic) bond motifs is 1. The molecule has 0 spiro atoms. The Morgan fingerprint density at radius 1 is 1.30 bits per heavy atom. The van der Waals surface area contributed by atoms with Crippen LogP contribution in [-0.2, 0) is 20.7 Å². The van der Waals surface area contributed by atoms with Gasteiger partial charge in [0, 0.05) is 45.3 Å². The van der Waals surface area contributed by atoms with Crippen molar-refractivity contribution in [3.05, 3.63) is 51.7 Å². The van der Waals surface area contributed by atoms with Gasteiger partial charge in [0.15, 0.2) is 0 Å². The zero-order chi connectivity index (χ0) is 23.6. The van der Waals surface area contributed by atoms with Crippen molar-refractivity contribution in [3.63, 3.8) is 0 Å². The molecule has 0 unspecified atom stereocenters. The molecule has 3 rings (SSSR count). The van der Waals surface area contributed by atoms with E-state index < -0.39 is 6.10 Å². The van der Waals surface area contributed by atoms with Gasteiger partial charge in [0.25, 0.3) is 0 Å². The second kappa shape index (κ2) is 13.1. The van der Waals surface area contributed by atoms with Gasteiger partial charge in [-0.15, -0.1) is 11.3 Å². The first-order chi connectivity index (χ1) is 16.0. The number of hydrogen-bond acceptors (Lipinski definition) is 7. The fourth-order valence-electron chi connectivity index (χ4n) is 4.25. The molecular weight excluding hydrogens is 440 g/mol. The Bertz CT molecular complexity index is 874.